The van der Waals surface area contributed by atoms with Gasteiger partial charge in [-0.15, -0.1) is 11.3 Å². The Morgan fingerprint density at radius 3 is 2.58 bits per heavy atom. The third-order valence-electron chi connectivity index (χ3n) is 3.25. The fraction of sp³-hybridized carbons (Fsp3) is 0.667. The number of thiophene rings is 1. The van der Waals surface area contributed by atoms with Gasteiger partial charge in [-0.25, -0.2) is 0 Å². The van der Waals surface area contributed by atoms with Crippen molar-refractivity contribution in [2.45, 2.75) is 25.4 Å². The second-order valence-electron chi connectivity index (χ2n) is 4.76. The first-order valence-corrected chi connectivity index (χ1v) is 8.59. The van der Waals surface area contributed by atoms with Gasteiger partial charge in [0.1, 0.15) is 0 Å². The first-order valence-electron chi connectivity index (χ1n) is 6.31. The summed E-state index contributed by atoms with van der Waals surface area (Å²) < 4.78 is 33.2. The van der Waals surface area contributed by atoms with Crippen LogP contribution >= 0.6 is 11.3 Å². The molecule has 1 aliphatic heterocycles. The van der Waals surface area contributed by atoms with E-state index in [-0.39, 0.29) is 6.04 Å². The summed E-state index contributed by atoms with van der Waals surface area (Å²) in [6.07, 6.45) is 1.52. The number of rotatable bonds is 5. The Balaban J connectivity index is 2.22. The van der Waals surface area contributed by atoms with Gasteiger partial charge in [-0.2, -0.15) is 17.0 Å². The van der Waals surface area contributed by atoms with E-state index in [0.29, 0.717) is 19.8 Å². The Morgan fingerprint density at radius 2 is 2.05 bits per heavy atom. The number of hydrogen-bond donors (Lipinski definition) is 0. The first kappa shape index (κ1) is 14.9. The molecule has 1 fully saturated rings. The molecular weight excluding hydrogens is 284 g/mol. The van der Waals surface area contributed by atoms with Gasteiger partial charge < -0.3 is 4.74 Å². The average Bonchev–Trinajstić information content (AvgIpc) is 2.89. The highest BCUT2D eigenvalue weighted by Gasteiger charge is 2.33. The molecule has 2 rings (SSSR count). The molecule has 0 amide bonds. The zero-order chi connectivity index (χ0) is 13.9. The summed E-state index contributed by atoms with van der Waals surface area (Å²) in [5.74, 6) is 0. The molecule has 0 saturated carbocycles. The van der Waals surface area contributed by atoms with E-state index < -0.39 is 10.2 Å². The van der Waals surface area contributed by atoms with Crippen LogP contribution in [0, 0.1) is 0 Å². The molecule has 108 valence electrons. The Kier molecular flexibility index (Phi) is 4.97. The van der Waals surface area contributed by atoms with E-state index in [1.807, 2.05) is 17.5 Å². The van der Waals surface area contributed by atoms with Crippen molar-refractivity contribution in [3.8, 4) is 0 Å². The van der Waals surface area contributed by atoms with E-state index in [9.17, 15) is 8.42 Å². The molecule has 0 atom stereocenters. The van der Waals surface area contributed by atoms with Crippen LogP contribution in [0.1, 0.15) is 17.7 Å². The number of ether oxygens (including phenoxy) is 1. The standard InChI is InChI=1S/C12H20N2O3S2/c1-13(2)19(15,16)14(10-12-4-3-9-18-12)11-5-7-17-8-6-11/h3-4,9,11H,5-8,10H2,1-2H3. The van der Waals surface area contributed by atoms with Crippen molar-refractivity contribution in [3.63, 3.8) is 0 Å². The topological polar surface area (TPSA) is 49.9 Å². The molecule has 1 aliphatic rings. The van der Waals surface area contributed by atoms with Crippen molar-refractivity contribution in [2.24, 2.45) is 0 Å². The summed E-state index contributed by atoms with van der Waals surface area (Å²) in [6, 6.07) is 3.95. The van der Waals surface area contributed by atoms with Gasteiger partial charge >= 0.3 is 0 Å². The molecule has 0 unspecified atom stereocenters. The molecule has 0 radical (unpaired) electrons. The first-order chi connectivity index (χ1) is 9.01. The molecule has 0 spiro atoms. The van der Waals surface area contributed by atoms with Crippen LogP contribution in [-0.4, -0.2) is 50.4 Å². The van der Waals surface area contributed by atoms with Crippen molar-refractivity contribution in [1.29, 1.82) is 0 Å². The molecule has 1 saturated heterocycles. The smallest absolute Gasteiger partial charge is 0.282 e. The second kappa shape index (κ2) is 6.32. The lowest BCUT2D eigenvalue weighted by Crippen LogP contribution is -2.47. The molecule has 0 aliphatic carbocycles. The minimum absolute atomic E-state index is 0.0308. The molecular formula is C12H20N2O3S2. The van der Waals surface area contributed by atoms with Crippen molar-refractivity contribution in [3.05, 3.63) is 22.4 Å². The molecule has 2 heterocycles. The summed E-state index contributed by atoms with van der Waals surface area (Å²) in [6.45, 7) is 1.71. The van der Waals surface area contributed by atoms with Crippen LogP contribution in [0.2, 0.25) is 0 Å². The highest BCUT2D eigenvalue weighted by Crippen LogP contribution is 2.23. The van der Waals surface area contributed by atoms with Crippen LogP contribution in [-0.2, 0) is 21.5 Å². The van der Waals surface area contributed by atoms with Gasteiger partial charge in [0, 0.05) is 44.8 Å². The Morgan fingerprint density at radius 1 is 1.37 bits per heavy atom. The third-order valence-corrected chi connectivity index (χ3v) is 6.05. The van der Waals surface area contributed by atoms with Gasteiger partial charge in [-0.1, -0.05) is 6.07 Å². The largest absolute Gasteiger partial charge is 0.381 e. The van der Waals surface area contributed by atoms with Crippen LogP contribution < -0.4 is 0 Å². The summed E-state index contributed by atoms with van der Waals surface area (Å²) >= 11 is 1.59. The maximum atomic E-state index is 12.5. The van der Waals surface area contributed by atoms with Gasteiger partial charge in [-0.05, 0) is 24.3 Å². The van der Waals surface area contributed by atoms with Gasteiger partial charge in [0.25, 0.3) is 10.2 Å². The molecule has 0 aromatic carbocycles. The second-order valence-corrected chi connectivity index (χ2v) is 7.89. The lowest BCUT2D eigenvalue weighted by atomic mass is 10.1. The predicted octanol–water partition coefficient (Wildman–Crippen LogP) is 1.54. The normalized spacial score (nSPS) is 18.3. The molecule has 0 bridgehead atoms. The van der Waals surface area contributed by atoms with Gasteiger partial charge in [0.15, 0.2) is 0 Å². The van der Waals surface area contributed by atoms with Gasteiger partial charge in [0.05, 0.1) is 0 Å². The fourth-order valence-electron chi connectivity index (χ4n) is 2.14. The average molecular weight is 304 g/mol. The minimum Gasteiger partial charge on any atom is -0.381 e. The maximum Gasteiger partial charge on any atom is 0.282 e. The molecule has 7 heteroatoms. The zero-order valence-electron chi connectivity index (χ0n) is 11.3. The monoisotopic (exact) mass is 304 g/mol. The van der Waals surface area contributed by atoms with Crippen LogP contribution in [0.25, 0.3) is 0 Å². The van der Waals surface area contributed by atoms with Crippen LogP contribution in [0.5, 0.6) is 0 Å². The summed E-state index contributed by atoms with van der Waals surface area (Å²) in [5, 5.41) is 1.97. The lowest BCUT2D eigenvalue weighted by molar-refractivity contribution is 0.0559. The van der Waals surface area contributed by atoms with Crippen molar-refractivity contribution in [2.75, 3.05) is 27.3 Å². The van der Waals surface area contributed by atoms with Crippen LogP contribution in [0.15, 0.2) is 17.5 Å². The highest BCUT2D eigenvalue weighted by atomic mass is 32.2. The van der Waals surface area contributed by atoms with E-state index in [1.54, 1.807) is 29.7 Å². The van der Waals surface area contributed by atoms with Gasteiger partial charge in [0.2, 0.25) is 0 Å². The van der Waals surface area contributed by atoms with Crippen molar-refractivity contribution in [1.82, 2.24) is 8.61 Å². The third kappa shape index (κ3) is 3.55. The quantitative estimate of drug-likeness (QED) is 0.829. The lowest BCUT2D eigenvalue weighted by Gasteiger charge is -2.34. The Labute approximate surface area is 119 Å². The maximum absolute atomic E-state index is 12.5. The summed E-state index contributed by atoms with van der Waals surface area (Å²) in [4.78, 5) is 1.07. The number of nitrogens with zero attached hydrogens (tertiary/aromatic N) is 2. The van der Waals surface area contributed by atoms with E-state index >= 15 is 0 Å². The molecule has 1 aromatic heterocycles. The van der Waals surface area contributed by atoms with Gasteiger partial charge in [-0.3, -0.25) is 0 Å². The Hall–Kier alpha value is -0.470. The zero-order valence-corrected chi connectivity index (χ0v) is 12.9. The molecule has 0 N–H and O–H groups in total. The predicted molar refractivity (Wildman–Crippen MR) is 76.3 cm³/mol. The Bertz CT molecular complexity index is 479. The van der Waals surface area contributed by atoms with Crippen molar-refractivity contribution < 1.29 is 13.2 Å². The molecule has 5 nitrogen and oxygen atoms in total. The molecule has 19 heavy (non-hydrogen) atoms. The minimum atomic E-state index is -3.40. The van der Waals surface area contributed by atoms with Crippen LogP contribution in [0.4, 0.5) is 0 Å². The van der Waals surface area contributed by atoms with Crippen LogP contribution in [0.3, 0.4) is 0 Å². The van der Waals surface area contributed by atoms with E-state index in [0.717, 1.165) is 17.7 Å². The summed E-state index contributed by atoms with van der Waals surface area (Å²) in [5.41, 5.74) is 0. The van der Waals surface area contributed by atoms with E-state index in [2.05, 4.69) is 0 Å². The number of hydrogen-bond acceptors (Lipinski definition) is 4. The molecule has 1 aromatic rings. The summed E-state index contributed by atoms with van der Waals surface area (Å²) in [7, 11) is -0.238. The van der Waals surface area contributed by atoms with E-state index in [1.165, 1.54) is 4.31 Å². The SMILES string of the molecule is CN(C)S(=O)(=O)N(Cc1cccs1)C1CCOCC1. The van der Waals surface area contributed by atoms with Crippen molar-refractivity contribution >= 4 is 21.5 Å². The fourth-order valence-corrected chi connectivity index (χ4v) is 4.23. The highest BCUT2D eigenvalue weighted by molar-refractivity contribution is 7.86. The van der Waals surface area contributed by atoms with E-state index in [4.69, 9.17) is 4.74 Å².